The molecule has 2 aromatic rings. The molecule has 10 heteroatoms. The van der Waals surface area contributed by atoms with Crippen LogP contribution < -0.4 is 21.7 Å². The van der Waals surface area contributed by atoms with Crippen molar-refractivity contribution < 1.29 is 28.0 Å². The maximum Gasteiger partial charge on any atom is 0.272 e. The van der Waals surface area contributed by atoms with Crippen LogP contribution in [0.3, 0.4) is 0 Å². The number of carbonyl (C=O) groups excluding carboxylic acids is 4. The van der Waals surface area contributed by atoms with E-state index >= 15 is 0 Å². The molecule has 0 aromatic heterocycles. The Morgan fingerprint density at radius 2 is 0.938 bits per heavy atom. The number of halogens is 2. The molecule has 4 N–H and O–H groups in total. The van der Waals surface area contributed by atoms with E-state index in [-0.39, 0.29) is 11.1 Å². The van der Waals surface area contributed by atoms with Crippen molar-refractivity contribution in [1.82, 2.24) is 21.7 Å². The molecule has 0 unspecified atom stereocenters. The van der Waals surface area contributed by atoms with Crippen molar-refractivity contribution in [2.75, 3.05) is 0 Å². The first-order valence-corrected chi connectivity index (χ1v) is 10.1. The van der Waals surface area contributed by atoms with Gasteiger partial charge < -0.3 is 0 Å². The third-order valence-electron chi connectivity index (χ3n) is 5.30. The number of rotatable bonds is 4. The van der Waals surface area contributed by atoms with Crippen molar-refractivity contribution in [1.29, 1.82) is 0 Å². The van der Waals surface area contributed by atoms with E-state index in [0.717, 1.165) is 12.1 Å². The fourth-order valence-corrected chi connectivity index (χ4v) is 3.48. The molecular weight excluding hydrogens is 422 g/mol. The lowest BCUT2D eigenvalue weighted by Gasteiger charge is -2.27. The summed E-state index contributed by atoms with van der Waals surface area (Å²) in [5, 5.41) is 0. The number of carbonyl (C=O) groups is 4. The summed E-state index contributed by atoms with van der Waals surface area (Å²) in [4.78, 5) is 48.5. The van der Waals surface area contributed by atoms with E-state index in [4.69, 9.17) is 0 Å². The minimum atomic E-state index is -0.768. The normalized spacial score (nSPS) is 17.7. The Labute approximate surface area is 182 Å². The van der Waals surface area contributed by atoms with Crippen LogP contribution in [0.4, 0.5) is 8.78 Å². The smallest absolute Gasteiger partial charge is 0.272 e. The predicted molar refractivity (Wildman–Crippen MR) is 109 cm³/mol. The van der Waals surface area contributed by atoms with Crippen molar-refractivity contribution >= 4 is 23.6 Å². The molecule has 4 amide bonds. The predicted octanol–water partition coefficient (Wildman–Crippen LogP) is 1.99. The zero-order valence-corrected chi connectivity index (χ0v) is 17.0. The van der Waals surface area contributed by atoms with Crippen molar-refractivity contribution in [2.24, 2.45) is 11.8 Å². The summed E-state index contributed by atoms with van der Waals surface area (Å²) in [5.41, 5.74) is 8.57. The standard InChI is InChI=1S/C22H22F2N4O4/c23-17-7-3-1-5-15(17)21(31)27-25-19(29)13-9-11-14(12-10-13)20(30)26-28-22(32)16-6-2-4-8-18(16)24/h1-8,13-14H,9-12H2,(H,25,29)(H,26,30)(H,27,31)(H,28,32). The highest BCUT2D eigenvalue weighted by Crippen LogP contribution is 2.28. The van der Waals surface area contributed by atoms with Crippen LogP contribution in [0.2, 0.25) is 0 Å². The molecular formula is C22H22F2N4O4. The molecule has 32 heavy (non-hydrogen) atoms. The Morgan fingerprint density at radius 1 is 0.594 bits per heavy atom. The van der Waals surface area contributed by atoms with Gasteiger partial charge in [-0.2, -0.15) is 0 Å². The highest BCUT2D eigenvalue weighted by molar-refractivity contribution is 5.96. The van der Waals surface area contributed by atoms with E-state index in [1.54, 1.807) is 0 Å². The molecule has 0 atom stereocenters. The molecule has 1 aliphatic rings. The SMILES string of the molecule is O=C(NNC(=O)C1CCC(C(=O)NNC(=O)c2ccccc2F)CC1)c1ccccc1F. The second kappa shape index (κ2) is 10.5. The van der Waals surface area contributed by atoms with Crippen LogP contribution in [0, 0.1) is 23.5 Å². The highest BCUT2D eigenvalue weighted by Gasteiger charge is 2.30. The molecule has 0 aliphatic heterocycles. The lowest BCUT2D eigenvalue weighted by atomic mass is 9.81. The van der Waals surface area contributed by atoms with Crippen molar-refractivity contribution in [3.63, 3.8) is 0 Å². The molecule has 3 rings (SSSR count). The molecule has 1 fully saturated rings. The molecule has 168 valence electrons. The fourth-order valence-electron chi connectivity index (χ4n) is 3.48. The van der Waals surface area contributed by atoms with E-state index in [9.17, 15) is 28.0 Å². The van der Waals surface area contributed by atoms with E-state index in [2.05, 4.69) is 21.7 Å². The minimum absolute atomic E-state index is 0.189. The first-order valence-electron chi connectivity index (χ1n) is 10.1. The van der Waals surface area contributed by atoms with Crippen molar-refractivity contribution in [3.8, 4) is 0 Å². The van der Waals surface area contributed by atoms with Gasteiger partial charge in [0.2, 0.25) is 11.8 Å². The zero-order chi connectivity index (χ0) is 23.1. The maximum absolute atomic E-state index is 13.6. The average Bonchev–Trinajstić information content (AvgIpc) is 2.81. The lowest BCUT2D eigenvalue weighted by Crippen LogP contribution is -2.47. The fraction of sp³-hybridized carbons (Fsp3) is 0.273. The molecule has 0 radical (unpaired) electrons. The number of benzene rings is 2. The Balaban J connectivity index is 1.41. The van der Waals surface area contributed by atoms with Gasteiger partial charge in [-0.1, -0.05) is 24.3 Å². The van der Waals surface area contributed by atoms with Gasteiger partial charge in [0.05, 0.1) is 11.1 Å². The van der Waals surface area contributed by atoms with E-state index in [1.807, 2.05) is 0 Å². The van der Waals surface area contributed by atoms with Gasteiger partial charge >= 0.3 is 0 Å². The summed E-state index contributed by atoms with van der Waals surface area (Å²) in [5.74, 6) is -4.64. The van der Waals surface area contributed by atoms with Gasteiger partial charge in [0.1, 0.15) is 11.6 Å². The molecule has 0 spiro atoms. The third kappa shape index (κ3) is 5.65. The number of hydrogen-bond acceptors (Lipinski definition) is 4. The summed E-state index contributed by atoms with van der Waals surface area (Å²) in [6.45, 7) is 0. The topological polar surface area (TPSA) is 116 Å². The Bertz CT molecular complexity index is 941. The van der Waals surface area contributed by atoms with E-state index < -0.39 is 47.1 Å². The molecule has 0 heterocycles. The number of amides is 4. The molecule has 0 saturated heterocycles. The van der Waals surface area contributed by atoms with Gasteiger partial charge in [0.15, 0.2) is 0 Å². The quantitative estimate of drug-likeness (QED) is 0.540. The van der Waals surface area contributed by atoms with Crippen molar-refractivity contribution in [3.05, 3.63) is 71.3 Å². The van der Waals surface area contributed by atoms with Gasteiger partial charge in [0, 0.05) is 11.8 Å². The molecule has 8 nitrogen and oxygen atoms in total. The van der Waals surface area contributed by atoms with Crippen LogP contribution in [0.5, 0.6) is 0 Å². The van der Waals surface area contributed by atoms with Gasteiger partial charge in [-0.3, -0.25) is 40.9 Å². The minimum Gasteiger partial charge on any atom is -0.273 e. The van der Waals surface area contributed by atoms with Crippen LogP contribution in [0.15, 0.2) is 48.5 Å². The second-order valence-corrected chi connectivity index (χ2v) is 7.39. The Morgan fingerprint density at radius 3 is 1.28 bits per heavy atom. The van der Waals surface area contributed by atoms with Gasteiger partial charge in [0.25, 0.3) is 11.8 Å². The third-order valence-corrected chi connectivity index (χ3v) is 5.30. The second-order valence-electron chi connectivity index (χ2n) is 7.39. The molecule has 2 aromatic carbocycles. The zero-order valence-electron chi connectivity index (χ0n) is 17.0. The van der Waals surface area contributed by atoms with Gasteiger partial charge in [-0.05, 0) is 49.9 Å². The lowest BCUT2D eigenvalue weighted by molar-refractivity contribution is -0.131. The Kier molecular flexibility index (Phi) is 7.48. The number of hydrazine groups is 2. The highest BCUT2D eigenvalue weighted by atomic mass is 19.1. The number of nitrogens with one attached hydrogen (secondary N) is 4. The number of hydrogen-bond donors (Lipinski definition) is 4. The Hall–Kier alpha value is -3.82. The first-order chi connectivity index (χ1) is 15.4. The monoisotopic (exact) mass is 444 g/mol. The van der Waals surface area contributed by atoms with Crippen LogP contribution in [0.1, 0.15) is 46.4 Å². The molecule has 1 saturated carbocycles. The first kappa shape index (κ1) is 22.9. The van der Waals surface area contributed by atoms with Crippen LogP contribution in [-0.2, 0) is 9.59 Å². The van der Waals surface area contributed by atoms with Crippen LogP contribution in [0.25, 0.3) is 0 Å². The van der Waals surface area contributed by atoms with E-state index in [0.29, 0.717) is 25.7 Å². The van der Waals surface area contributed by atoms with Crippen LogP contribution in [-0.4, -0.2) is 23.6 Å². The summed E-state index contributed by atoms with van der Waals surface area (Å²) in [6.07, 6.45) is 1.56. The van der Waals surface area contributed by atoms with Gasteiger partial charge in [-0.25, -0.2) is 8.78 Å². The van der Waals surface area contributed by atoms with E-state index in [1.165, 1.54) is 36.4 Å². The molecule has 1 aliphatic carbocycles. The largest absolute Gasteiger partial charge is 0.273 e. The van der Waals surface area contributed by atoms with Crippen LogP contribution >= 0.6 is 0 Å². The summed E-state index contributed by atoms with van der Waals surface area (Å²) < 4.78 is 27.2. The molecule has 0 bridgehead atoms. The summed E-state index contributed by atoms with van der Waals surface area (Å²) in [6, 6.07) is 10.8. The maximum atomic E-state index is 13.6. The average molecular weight is 444 g/mol. The van der Waals surface area contributed by atoms with Crippen molar-refractivity contribution in [2.45, 2.75) is 25.7 Å². The van der Waals surface area contributed by atoms with Gasteiger partial charge in [-0.15, -0.1) is 0 Å². The summed E-state index contributed by atoms with van der Waals surface area (Å²) in [7, 11) is 0. The summed E-state index contributed by atoms with van der Waals surface area (Å²) >= 11 is 0.